The fourth-order valence-corrected chi connectivity index (χ4v) is 2.81. The van der Waals surface area contributed by atoms with Crippen LogP contribution in [0.5, 0.6) is 0 Å². The van der Waals surface area contributed by atoms with Gasteiger partial charge in [-0.05, 0) is 23.3 Å². The second-order valence-electron chi connectivity index (χ2n) is 5.34. The van der Waals surface area contributed by atoms with Crippen molar-refractivity contribution in [3.63, 3.8) is 0 Å². The first-order valence-electron chi connectivity index (χ1n) is 7.16. The molecule has 0 unspecified atom stereocenters. The maximum absolute atomic E-state index is 6.09. The van der Waals surface area contributed by atoms with Gasteiger partial charge in [-0.3, -0.25) is 0 Å². The third-order valence-corrected chi connectivity index (χ3v) is 4.53. The van der Waals surface area contributed by atoms with Crippen molar-refractivity contribution in [3.8, 4) is 0 Å². The van der Waals surface area contributed by atoms with E-state index in [9.17, 15) is 0 Å². The highest BCUT2D eigenvalue weighted by Crippen LogP contribution is 2.22. The predicted octanol–water partition coefficient (Wildman–Crippen LogP) is 4.49. The maximum atomic E-state index is 6.09. The first-order valence-corrected chi connectivity index (χ1v) is 7.92. The van der Waals surface area contributed by atoms with Crippen molar-refractivity contribution in [1.82, 2.24) is 4.57 Å². The van der Waals surface area contributed by atoms with E-state index in [1.165, 1.54) is 11.4 Å². The quantitative estimate of drug-likeness (QED) is 0.623. The van der Waals surface area contributed by atoms with Crippen LogP contribution in [0.15, 0.2) is 60.9 Å². The number of aromatic nitrogens is 2. The fraction of sp³-hybridized carbons (Fsp3) is 0.167. The van der Waals surface area contributed by atoms with Gasteiger partial charge in [0.15, 0.2) is 0 Å². The summed E-state index contributed by atoms with van der Waals surface area (Å²) >= 11 is 12.1. The van der Waals surface area contributed by atoms with Gasteiger partial charge in [-0.25, -0.2) is 9.13 Å². The zero-order chi connectivity index (χ0) is 15.5. The van der Waals surface area contributed by atoms with E-state index in [4.69, 9.17) is 23.2 Å². The Morgan fingerprint density at radius 2 is 1.73 bits per heavy atom. The number of hydrogen-bond acceptors (Lipinski definition) is 0. The summed E-state index contributed by atoms with van der Waals surface area (Å²) in [5.41, 5.74) is 2.43. The first-order chi connectivity index (χ1) is 10.6. The summed E-state index contributed by atoms with van der Waals surface area (Å²) in [5.74, 6) is 1.20. The van der Waals surface area contributed by atoms with Crippen LogP contribution in [-0.2, 0) is 13.1 Å². The summed E-state index contributed by atoms with van der Waals surface area (Å²) in [5, 5.41) is 1.19. The van der Waals surface area contributed by atoms with Crippen LogP contribution in [0.1, 0.15) is 17.0 Å². The molecule has 112 valence electrons. The highest BCUT2D eigenvalue weighted by molar-refractivity contribution is 6.42. The van der Waals surface area contributed by atoms with Crippen LogP contribution in [0.4, 0.5) is 0 Å². The second kappa shape index (κ2) is 6.55. The molecule has 0 radical (unpaired) electrons. The molecule has 1 aromatic heterocycles. The lowest BCUT2D eigenvalue weighted by molar-refractivity contribution is -0.693. The van der Waals surface area contributed by atoms with Crippen molar-refractivity contribution >= 4 is 23.2 Å². The largest absolute Gasteiger partial charge is 0.253 e. The highest BCUT2D eigenvalue weighted by Gasteiger charge is 2.13. The summed E-state index contributed by atoms with van der Waals surface area (Å²) < 4.78 is 4.45. The van der Waals surface area contributed by atoms with Crippen molar-refractivity contribution in [2.75, 3.05) is 0 Å². The molecule has 3 aromatic rings. The molecule has 2 nitrogen and oxygen atoms in total. The molecule has 0 N–H and O–H groups in total. The van der Waals surface area contributed by atoms with E-state index >= 15 is 0 Å². The third kappa shape index (κ3) is 3.34. The zero-order valence-electron chi connectivity index (χ0n) is 12.3. The lowest BCUT2D eigenvalue weighted by Gasteiger charge is -2.03. The first kappa shape index (κ1) is 15.1. The molecule has 0 saturated heterocycles. The molecule has 4 heteroatoms. The van der Waals surface area contributed by atoms with Gasteiger partial charge in [0.25, 0.3) is 5.82 Å². The molecule has 0 fully saturated rings. The Morgan fingerprint density at radius 1 is 0.955 bits per heavy atom. The van der Waals surface area contributed by atoms with Crippen LogP contribution >= 0.6 is 23.2 Å². The second-order valence-corrected chi connectivity index (χ2v) is 6.15. The molecule has 2 aromatic carbocycles. The Labute approximate surface area is 140 Å². The number of hydrogen-bond donors (Lipinski definition) is 0. The normalized spacial score (nSPS) is 10.9. The summed E-state index contributed by atoms with van der Waals surface area (Å²) in [6.45, 7) is 3.78. The minimum atomic E-state index is 0.591. The lowest BCUT2D eigenvalue weighted by atomic mass is 10.2. The number of imidazole rings is 1. The van der Waals surface area contributed by atoms with E-state index in [1.54, 1.807) is 0 Å². The summed E-state index contributed by atoms with van der Waals surface area (Å²) in [6.07, 6.45) is 4.21. The third-order valence-electron chi connectivity index (χ3n) is 3.79. The molecular formula is C18H17Cl2N2+. The van der Waals surface area contributed by atoms with Crippen LogP contribution in [0.2, 0.25) is 10.0 Å². The molecule has 0 saturated carbocycles. The van der Waals surface area contributed by atoms with Crippen molar-refractivity contribution in [1.29, 1.82) is 0 Å². The molecule has 1 heterocycles. The van der Waals surface area contributed by atoms with Gasteiger partial charge in [0.2, 0.25) is 0 Å². The summed E-state index contributed by atoms with van der Waals surface area (Å²) in [6, 6.07) is 16.2. The van der Waals surface area contributed by atoms with E-state index < -0.39 is 0 Å². The van der Waals surface area contributed by atoms with Crippen LogP contribution < -0.4 is 4.57 Å². The topological polar surface area (TPSA) is 8.81 Å². The van der Waals surface area contributed by atoms with Crippen molar-refractivity contribution < 1.29 is 4.57 Å². The van der Waals surface area contributed by atoms with Crippen LogP contribution in [-0.4, -0.2) is 4.57 Å². The Kier molecular flexibility index (Phi) is 4.51. The standard InChI is InChI=1S/C18H17Cl2N2/c1-14-21(12-15-5-3-2-4-6-15)9-10-22(14)13-16-7-8-17(19)18(20)11-16/h2-11H,12-13H2,1H3/q+1. The number of benzene rings is 2. The van der Waals surface area contributed by atoms with Crippen molar-refractivity contribution in [2.24, 2.45) is 0 Å². The minimum Gasteiger partial charge on any atom is -0.230 e. The Hall–Kier alpha value is -1.77. The van der Waals surface area contributed by atoms with Crippen LogP contribution in [0.25, 0.3) is 0 Å². The molecule has 0 spiro atoms. The number of halogens is 2. The molecular weight excluding hydrogens is 315 g/mol. The van der Waals surface area contributed by atoms with Gasteiger partial charge < -0.3 is 0 Å². The van der Waals surface area contributed by atoms with Gasteiger partial charge in [0.05, 0.1) is 10.0 Å². The molecule has 0 bridgehead atoms. The van der Waals surface area contributed by atoms with Gasteiger partial charge in [-0.1, -0.05) is 59.6 Å². The Balaban J connectivity index is 1.79. The number of rotatable bonds is 4. The summed E-state index contributed by atoms with van der Waals surface area (Å²) in [7, 11) is 0. The monoisotopic (exact) mass is 331 g/mol. The fourth-order valence-electron chi connectivity index (χ4n) is 2.49. The van der Waals surface area contributed by atoms with Gasteiger partial charge in [-0.15, -0.1) is 0 Å². The SMILES string of the molecule is Cc1n(Cc2ccccc2)cc[n+]1Cc1ccc(Cl)c(Cl)c1. The molecule has 0 aliphatic carbocycles. The van der Waals surface area contributed by atoms with Crippen molar-refractivity contribution in [3.05, 3.63) is 87.9 Å². The molecule has 3 rings (SSSR count). The van der Waals surface area contributed by atoms with E-state index in [1.807, 2.05) is 24.3 Å². The van der Waals surface area contributed by atoms with Gasteiger partial charge >= 0.3 is 0 Å². The van der Waals surface area contributed by atoms with Crippen molar-refractivity contribution in [2.45, 2.75) is 20.0 Å². The zero-order valence-corrected chi connectivity index (χ0v) is 13.8. The summed E-state index contributed by atoms with van der Waals surface area (Å²) in [4.78, 5) is 0. The van der Waals surface area contributed by atoms with E-state index in [-0.39, 0.29) is 0 Å². The van der Waals surface area contributed by atoms with E-state index in [2.05, 4.69) is 52.7 Å². The smallest absolute Gasteiger partial charge is 0.230 e. The molecule has 0 atom stereocenters. The minimum absolute atomic E-state index is 0.591. The average molecular weight is 332 g/mol. The van der Waals surface area contributed by atoms with E-state index in [0.29, 0.717) is 10.0 Å². The predicted molar refractivity (Wildman–Crippen MR) is 90.5 cm³/mol. The molecule has 22 heavy (non-hydrogen) atoms. The maximum Gasteiger partial charge on any atom is 0.253 e. The number of nitrogens with zero attached hydrogens (tertiary/aromatic N) is 2. The average Bonchev–Trinajstić information content (AvgIpc) is 2.85. The van der Waals surface area contributed by atoms with Gasteiger partial charge in [0.1, 0.15) is 25.5 Å². The lowest BCUT2D eigenvalue weighted by Crippen LogP contribution is -2.36. The Bertz CT molecular complexity index is 779. The Morgan fingerprint density at radius 3 is 2.45 bits per heavy atom. The highest BCUT2D eigenvalue weighted by atomic mass is 35.5. The van der Waals surface area contributed by atoms with Crippen LogP contribution in [0.3, 0.4) is 0 Å². The van der Waals surface area contributed by atoms with Gasteiger partial charge in [-0.2, -0.15) is 0 Å². The molecule has 0 amide bonds. The van der Waals surface area contributed by atoms with Gasteiger partial charge in [0, 0.05) is 6.92 Å². The molecule has 0 aliphatic rings. The van der Waals surface area contributed by atoms with Crippen LogP contribution in [0, 0.1) is 6.92 Å². The van der Waals surface area contributed by atoms with E-state index in [0.717, 1.165) is 18.7 Å². The molecule has 0 aliphatic heterocycles.